The van der Waals surface area contributed by atoms with Crippen LogP contribution in [-0.2, 0) is 6.18 Å². The number of halogens is 3. The van der Waals surface area contributed by atoms with Crippen LogP contribution >= 0.6 is 0 Å². The van der Waals surface area contributed by atoms with Gasteiger partial charge in [-0.2, -0.15) is 18.4 Å². The minimum atomic E-state index is -4.44. The van der Waals surface area contributed by atoms with Gasteiger partial charge in [0.15, 0.2) is 5.76 Å². The first-order valence-electron chi connectivity index (χ1n) is 6.58. The van der Waals surface area contributed by atoms with E-state index < -0.39 is 11.7 Å². The standard InChI is InChI=1S/C15H8F3N5O/c16-15(17,18)9-1-4-12(21-6-9)13-8-22-14(24-13)23-11-3-2-10(5-19)20-7-11/h1-4,6-8H,(H,22,23). The molecular formula is C15H8F3N5O. The smallest absolute Gasteiger partial charge is 0.417 e. The molecule has 1 N–H and O–H groups in total. The van der Waals surface area contributed by atoms with Crippen molar-refractivity contribution in [2.24, 2.45) is 0 Å². The third kappa shape index (κ3) is 3.33. The van der Waals surface area contributed by atoms with Crippen molar-refractivity contribution in [2.75, 3.05) is 5.32 Å². The number of rotatable bonds is 3. The van der Waals surface area contributed by atoms with Crippen molar-refractivity contribution in [3.63, 3.8) is 0 Å². The van der Waals surface area contributed by atoms with Gasteiger partial charge in [0.2, 0.25) is 0 Å². The molecule has 0 radical (unpaired) electrons. The van der Waals surface area contributed by atoms with Gasteiger partial charge in [0.1, 0.15) is 17.5 Å². The SMILES string of the molecule is N#Cc1ccc(Nc2ncc(-c3ccc(C(F)(F)F)cn3)o2)cn1. The predicted molar refractivity (Wildman–Crippen MR) is 77.0 cm³/mol. The van der Waals surface area contributed by atoms with Crippen molar-refractivity contribution in [3.05, 3.63) is 54.1 Å². The van der Waals surface area contributed by atoms with E-state index in [1.54, 1.807) is 6.07 Å². The summed E-state index contributed by atoms with van der Waals surface area (Å²) < 4.78 is 42.9. The predicted octanol–water partition coefficient (Wildman–Crippen LogP) is 3.77. The molecule has 0 atom stereocenters. The Hall–Kier alpha value is -3.41. The molecule has 3 aromatic heterocycles. The largest absolute Gasteiger partial charge is 0.422 e. The fraction of sp³-hybridized carbons (Fsp3) is 0.0667. The highest BCUT2D eigenvalue weighted by Crippen LogP contribution is 2.30. The van der Waals surface area contributed by atoms with Crippen LogP contribution in [0.5, 0.6) is 0 Å². The van der Waals surface area contributed by atoms with Gasteiger partial charge in [-0.1, -0.05) is 0 Å². The molecule has 0 amide bonds. The average molecular weight is 331 g/mol. The second kappa shape index (κ2) is 6.00. The number of hydrogen-bond acceptors (Lipinski definition) is 6. The first-order chi connectivity index (χ1) is 11.5. The summed E-state index contributed by atoms with van der Waals surface area (Å²) in [5, 5.41) is 11.5. The molecular weight excluding hydrogens is 323 g/mol. The lowest BCUT2D eigenvalue weighted by molar-refractivity contribution is -0.137. The van der Waals surface area contributed by atoms with Gasteiger partial charge in [0.25, 0.3) is 6.01 Å². The van der Waals surface area contributed by atoms with Crippen molar-refractivity contribution in [1.29, 1.82) is 5.26 Å². The molecule has 3 heterocycles. The molecule has 6 nitrogen and oxygen atoms in total. The zero-order valence-corrected chi connectivity index (χ0v) is 11.9. The van der Waals surface area contributed by atoms with E-state index in [4.69, 9.17) is 9.68 Å². The number of nitrogens with zero attached hydrogens (tertiary/aromatic N) is 4. The van der Waals surface area contributed by atoms with Crippen LogP contribution in [-0.4, -0.2) is 15.0 Å². The van der Waals surface area contributed by atoms with E-state index in [1.807, 2.05) is 6.07 Å². The van der Waals surface area contributed by atoms with Gasteiger partial charge in [0.05, 0.1) is 23.6 Å². The number of nitrogens with one attached hydrogen (secondary N) is 1. The van der Waals surface area contributed by atoms with Crippen LogP contribution in [0, 0.1) is 11.3 Å². The molecule has 24 heavy (non-hydrogen) atoms. The van der Waals surface area contributed by atoms with Crippen LogP contribution < -0.4 is 5.32 Å². The quantitative estimate of drug-likeness (QED) is 0.786. The first kappa shape index (κ1) is 15.5. The Morgan fingerprint density at radius 3 is 2.42 bits per heavy atom. The second-order valence-corrected chi connectivity index (χ2v) is 4.63. The topological polar surface area (TPSA) is 87.6 Å². The molecule has 0 aliphatic carbocycles. The van der Waals surface area contributed by atoms with Crippen molar-refractivity contribution in [1.82, 2.24) is 15.0 Å². The number of hydrogen-bond donors (Lipinski definition) is 1. The highest BCUT2D eigenvalue weighted by molar-refractivity contribution is 5.56. The molecule has 0 fully saturated rings. The number of oxazole rings is 1. The summed E-state index contributed by atoms with van der Waals surface area (Å²) in [5.41, 5.74) is 0.194. The Balaban J connectivity index is 1.76. The molecule has 3 rings (SSSR count). The van der Waals surface area contributed by atoms with Gasteiger partial charge in [0, 0.05) is 6.20 Å². The number of alkyl halides is 3. The van der Waals surface area contributed by atoms with Crippen LogP contribution in [0.2, 0.25) is 0 Å². The van der Waals surface area contributed by atoms with Crippen molar-refractivity contribution in [2.45, 2.75) is 6.18 Å². The molecule has 0 aliphatic heterocycles. The number of nitriles is 1. The van der Waals surface area contributed by atoms with Gasteiger partial charge in [-0.25, -0.2) is 9.97 Å². The summed E-state index contributed by atoms with van der Waals surface area (Å²) in [7, 11) is 0. The summed E-state index contributed by atoms with van der Waals surface area (Å²) >= 11 is 0. The van der Waals surface area contributed by atoms with E-state index in [0.29, 0.717) is 5.69 Å². The van der Waals surface area contributed by atoms with Crippen LogP contribution in [0.15, 0.2) is 47.3 Å². The summed E-state index contributed by atoms with van der Waals surface area (Å²) in [6, 6.07) is 7.27. The fourth-order valence-electron chi connectivity index (χ4n) is 1.82. The lowest BCUT2D eigenvalue weighted by Crippen LogP contribution is -2.05. The van der Waals surface area contributed by atoms with Gasteiger partial charge in [-0.3, -0.25) is 4.98 Å². The molecule has 0 saturated carbocycles. The molecule has 9 heteroatoms. The maximum Gasteiger partial charge on any atom is 0.417 e. The lowest BCUT2D eigenvalue weighted by atomic mass is 10.2. The molecule has 0 saturated heterocycles. The van der Waals surface area contributed by atoms with Crippen LogP contribution in [0.4, 0.5) is 24.9 Å². The fourth-order valence-corrected chi connectivity index (χ4v) is 1.82. The first-order valence-corrected chi connectivity index (χ1v) is 6.58. The van der Waals surface area contributed by atoms with Gasteiger partial charge in [-0.15, -0.1) is 0 Å². The van der Waals surface area contributed by atoms with Crippen molar-refractivity contribution >= 4 is 11.7 Å². The van der Waals surface area contributed by atoms with E-state index >= 15 is 0 Å². The Kier molecular flexibility index (Phi) is 3.87. The average Bonchev–Trinajstić information content (AvgIpc) is 3.03. The summed E-state index contributed by atoms with van der Waals surface area (Å²) in [6.45, 7) is 0. The minimum absolute atomic E-state index is 0.123. The molecule has 3 aromatic rings. The Labute approximate surface area is 133 Å². The second-order valence-electron chi connectivity index (χ2n) is 4.63. The minimum Gasteiger partial charge on any atom is -0.422 e. The van der Waals surface area contributed by atoms with Gasteiger partial charge >= 0.3 is 6.18 Å². The number of aromatic nitrogens is 3. The lowest BCUT2D eigenvalue weighted by Gasteiger charge is -2.05. The molecule has 0 aromatic carbocycles. The normalized spacial score (nSPS) is 11.1. The maximum atomic E-state index is 12.5. The van der Waals surface area contributed by atoms with Crippen LogP contribution in [0.1, 0.15) is 11.3 Å². The monoisotopic (exact) mass is 331 g/mol. The van der Waals surface area contributed by atoms with Gasteiger partial charge < -0.3 is 9.73 Å². The molecule has 0 aliphatic rings. The Morgan fingerprint density at radius 2 is 1.83 bits per heavy atom. The third-order valence-corrected chi connectivity index (χ3v) is 2.98. The Bertz CT molecular complexity index is 879. The van der Waals surface area contributed by atoms with E-state index in [-0.39, 0.29) is 23.2 Å². The van der Waals surface area contributed by atoms with Crippen LogP contribution in [0.25, 0.3) is 11.5 Å². The zero-order valence-electron chi connectivity index (χ0n) is 11.9. The summed E-state index contributed by atoms with van der Waals surface area (Å²) in [4.78, 5) is 11.6. The summed E-state index contributed by atoms with van der Waals surface area (Å²) in [6.07, 6.45) is -0.939. The zero-order chi connectivity index (χ0) is 17.2. The maximum absolute atomic E-state index is 12.5. The highest BCUT2D eigenvalue weighted by Gasteiger charge is 2.30. The number of anilines is 2. The molecule has 120 valence electrons. The van der Waals surface area contributed by atoms with E-state index in [9.17, 15) is 13.2 Å². The van der Waals surface area contributed by atoms with Crippen molar-refractivity contribution < 1.29 is 17.6 Å². The molecule has 0 unspecified atom stereocenters. The number of pyridine rings is 2. The summed E-state index contributed by atoms with van der Waals surface area (Å²) in [5.74, 6) is 0.216. The van der Waals surface area contributed by atoms with Crippen LogP contribution in [0.3, 0.4) is 0 Å². The third-order valence-electron chi connectivity index (χ3n) is 2.98. The molecule has 0 bridgehead atoms. The van der Waals surface area contributed by atoms with Crippen molar-refractivity contribution in [3.8, 4) is 17.5 Å². The van der Waals surface area contributed by atoms with E-state index in [0.717, 1.165) is 12.3 Å². The molecule has 0 spiro atoms. The van der Waals surface area contributed by atoms with Gasteiger partial charge in [-0.05, 0) is 24.3 Å². The highest BCUT2D eigenvalue weighted by atomic mass is 19.4. The van der Waals surface area contributed by atoms with E-state index in [2.05, 4.69) is 20.3 Å². The Morgan fingerprint density at radius 1 is 1.00 bits per heavy atom. The van der Waals surface area contributed by atoms with E-state index in [1.165, 1.54) is 24.5 Å².